The summed E-state index contributed by atoms with van der Waals surface area (Å²) < 4.78 is 51.8. The van der Waals surface area contributed by atoms with Gasteiger partial charge < -0.3 is 14.8 Å². The number of hydrogen-bond acceptors (Lipinski definition) is 7. The number of ketones is 1. The minimum Gasteiger partial charge on any atom is -0.454 e. The number of nitrogens with zero attached hydrogens (tertiary/aromatic N) is 1. The second kappa shape index (κ2) is 7.95. The molecule has 2 aromatic carbocycles. The van der Waals surface area contributed by atoms with E-state index < -0.39 is 21.6 Å². The first-order chi connectivity index (χ1) is 15.4. The van der Waals surface area contributed by atoms with Crippen LogP contribution in [0.5, 0.6) is 11.5 Å². The number of nitrogens with one attached hydrogen (secondary N) is 1. The van der Waals surface area contributed by atoms with Crippen molar-refractivity contribution < 1.29 is 27.1 Å². The van der Waals surface area contributed by atoms with Crippen molar-refractivity contribution in [2.75, 3.05) is 11.1 Å². The number of anilines is 1. The van der Waals surface area contributed by atoms with Crippen LogP contribution < -0.4 is 19.1 Å². The Morgan fingerprint density at radius 1 is 1.06 bits per heavy atom. The maximum atomic E-state index is 13.3. The number of allylic oxidation sites excluding steroid dienone is 1. The molecule has 32 heavy (non-hydrogen) atoms. The van der Waals surface area contributed by atoms with Crippen molar-refractivity contribution in [2.24, 2.45) is 0 Å². The smallest absolute Gasteiger partial charge is 0.270 e. The van der Waals surface area contributed by atoms with Crippen LogP contribution in [-0.2, 0) is 23.1 Å². The number of carbonyl (C=O) groups is 1. The molecule has 10 heteroatoms. The van der Waals surface area contributed by atoms with E-state index in [1.54, 1.807) is 23.6 Å². The van der Waals surface area contributed by atoms with Crippen LogP contribution in [0.2, 0.25) is 0 Å². The van der Waals surface area contributed by atoms with Crippen LogP contribution in [0, 0.1) is 5.82 Å². The van der Waals surface area contributed by atoms with Gasteiger partial charge in [-0.3, -0.25) is 9.10 Å². The number of halogens is 1. The fourth-order valence-electron chi connectivity index (χ4n) is 3.52. The third kappa shape index (κ3) is 3.61. The van der Waals surface area contributed by atoms with E-state index in [2.05, 4.69) is 5.32 Å². The number of rotatable bonds is 5. The number of thiophene rings is 1. The van der Waals surface area contributed by atoms with Gasteiger partial charge in [-0.05, 0) is 46.8 Å². The van der Waals surface area contributed by atoms with Crippen LogP contribution in [0.3, 0.4) is 0 Å². The Balaban J connectivity index is 1.43. The average molecular weight is 473 g/mol. The van der Waals surface area contributed by atoms with Crippen LogP contribution in [0.4, 0.5) is 10.1 Å². The van der Waals surface area contributed by atoms with E-state index in [4.69, 9.17) is 9.47 Å². The fourth-order valence-corrected chi connectivity index (χ4v) is 6.03. The van der Waals surface area contributed by atoms with Gasteiger partial charge in [-0.25, -0.2) is 12.8 Å². The number of ether oxygens (including phenoxy) is 2. The summed E-state index contributed by atoms with van der Waals surface area (Å²) in [6.45, 7) is 0.438. The largest absolute Gasteiger partial charge is 0.454 e. The van der Waals surface area contributed by atoms with E-state index in [9.17, 15) is 17.6 Å². The lowest BCUT2D eigenvalue weighted by Crippen LogP contribution is -2.38. The fraction of sp³-hybridized carbons (Fsp3) is 0.136. The zero-order valence-corrected chi connectivity index (χ0v) is 18.2. The Morgan fingerprint density at radius 3 is 2.62 bits per heavy atom. The van der Waals surface area contributed by atoms with Gasteiger partial charge in [-0.1, -0.05) is 18.2 Å². The molecule has 1 N–H and O–H groups in total. The second-order valence-corrected chi connectivity index (χ2v) is 9.93. The highest BCUT2D eigenvalue weighted by Crippen LogP contribution is 2.39. The molecule has 2 aliphatic rings. The monoisotopic (exact) mass is 472 g/mol. The first kappa shape index (κ1) is 20.5. The molecule has 0 spiro atoms. The number of hydrogen-bond donors (Lipinski definition) is 1. The van der Waals surface area contributed by atoms with E-state index in [0.29, 0.717) is 27.6 Å². The van der Waals surface area contributed by atoms with Crippen LogP contribution in [0.1, 0.15) is 20.8 Å². The summed E-state index contributed by atoms with van der Waals surface area (Å²) in [5.74, 6) is 0.310. The molecule has 0 aliphatic carbocycles. The molecule has 3 heterocycles. The van der Waals surface area contributed by atoms with Crippen LogP contribution in [-0.4, -0.2) is 21.0 Å². The molecule has 7 nitrogen and oxygen atoms in total. The maximum absolute atomic E-state index is 13.3. The van der Waals surface area contributed by atoms with Crippen molar-refractivity contribution in [2.45, 2.75) is 13.1 Å². The quantitative estimate of drug-likeness (QED) is 0.569. The highest BCUT2D eigenvalue weighted by molar-refractivity contribution is 7.97. The summed E-state index contributed by atoms with van der Waals surface area (Å²) in [5.41, 5.74) is 1.78. The zero-order valence-electron chi connectivity index (χ0n) is 16.6. The molecule has 0 saturated heterocycles. The molecule has 0 bridgehead atoms. The second-order valence-electron chi connectivity index (χ2n) is 7.18. The molecule has 0 saturated carbocycles. The lowest BCUT2D eigenvalue weighted by Gasteiger charge is -2.29. The molecular weight excluding hydrogens is 455 g/mol. The Bertz CT molecular complexity index is 1330. The van der Waals surface area contributed by atoms with Crippen LogP contribution >= 0.6 is 11.3 Å². The molecule has 0 amide bonds. The topological polar surface area (TPSA) is 84.9 Å². The van der Waals surface area contributed by atoms with Gasteiger partial charge in [-0.15, -0.1) is 11.3 Å². The summed E-state index contributed by atoms with van der Waals surface area (Å²) in [4.78, 5) is 12.9. The lowest BCUT2D eigenvalue weighted by molar-refractivity contribution is 0.104. The summed E-state index contributed by atoms with van der Waals surface area (Å²) in [7, 11) is -4.12. The van der Waals surface area contributed by atoms with Crippen molar-refractivity contribution >= 4 is 32.8 Å². The number of carbonyl (C=O) groups excluding carboxylic acids is 1. The summed E-state index contributed by atoms with van der Waals surface area (Å²) in [6.07, 6.45) is 1.24. The molecular formula is C22H17FN2O5S2. The van der Waals surface area contributed by atoms with Crippen molar-refractivity contribution in [3.05, 3.63) is 86.8 Å². The SMILES string of the molecule is O=C1C(=CNCc2ccc3c(c2)OCO3)S(=O)(=O)N(Cc2ccc(F)cc2)c2ccsc21. The first-order valence-corrected chi connectivity index (χ1v) is 12.0. The van der Waals surface area contributed by atoms with E-state index in [1.807, 2.05) is 6.07 Å². The summed E-state index contributed by atoms with van der Waals surface area (Å²) >= 11 is 1.18. The molecule has 1 aromatic heterocycles. The molecule has 0 atom stereocenters. The highest BCUT2D eigenvalue weighted by atomic mass is 32.2. The third-order valence-corrected chi connectivity index (χ3v) is 7.79. The Kier molecular flexibility index (Phi) is 5.10. The van der Waals surface area contributed by atoms with Crippen molar-refractivity contribution in [1.29, 1.82) is 0 Å². The Labute approximate surface area is 187 Å². The third-order valence-electron chi connectivity index (χ3n) is 5.13. The minimum absolute atomic E-state index is 0.0148. The number of benzene rings is 2. The van der Waals surface area contributed by atoms with Gasteiger partial charge in [0.1, 0.15) is 10.7 Å². The van der Waals surface area contributed by atoms with Gasteiger partial charge >= 0.3 is 0 Å². The van der Waals surface area contributed by atoms with Crippen LogP contribution in [0.15, 0.2) is 65.0 Å². The van der Waals surface area contributed by atoms with Gasteiger partial charge in [0.25, 0.3) is 10.0 Å². The zero-order chi connectivity index (χ0) is 22.3. The van der Waals surface area contributed by atoms with Crippen molar-refractivity contribution in [3.8, 4) is 11.5 Å². The normalized spacial score (nSPS) is 17.5. The predicted molar refractivity (Wildman–Crippen MR) is 118 cm³/mol. The number of sulfonamides is 1. The lowest BCUT2D eigenvalue weighted by atomic mass is 10.2. The molecule has 2 aliphatic heterocycles. The standard InChI is InChI=1S/C22H17FN2O5S2/c23-16-4-1-14(2-5-16)12-25-17-7-8-31-22(17)21(26)20(32(25,27)28)11-24-10-15-3-6-18-19(9-15)30-13-29-18/h1-9,11,24H,10,12-13H2. The maximum Gasteiger partial charge on any atom is 0.270 e. The molecule has 0 fully saturated rings. The van der Waals surface area contributed by atoms with Crippen molar-refractivity contribution in [3.63, 3.8) is 0 Å². The summed E-state index contributed by atoms with van der Waals surface area (Å²) in [6, 6.07) is 12.6. The molecule has 164 valence electrons. The Hall–Kier alpha value is -3.37. The Morgan fingerprint density at radius 2 is 1.81 bits per heavy atom. The van der Waals surface area contributed by atoms with Gasteiger partial charge in [0, 0.05) is 12.7 Å². The van der Waals surface area contributed by atoms with E-state index in [-0.39, 0.29) is 24.8 Å². The van der Waals surface area contributed by atoms with Gasteiger partial charge in [0.2, 0.25) is 12.6 Å². The molecule has 3 aromatic rings. The van der Waals surface area contributed by atoms with E-state index in [0.717, 1.165) is 5.56 Å². The van der Waals surface area contributed by atoms with Gasteiger partial charge in [0.05, 0.1) is 12.2 Å². The first-order valence-electron chi connectivity index (χ1n) is 9.65. The number of fused-ring (bicyclic) bond motifs is 2. The predicted octanol–water partition coefficient (Wildman–Crippen LogP) is 3.78. The van der Waals surface area contributed by atoms with Gasteiger partial charge in [-0.2, -0.15) is 0 Å². The van der Waals surface area contributed by atoms with Gasteiger partial charge in [0.15, 0.2) is 16.4 Å². The minimum atomic E-state index is -4.12. The van der Waals surface area contributed by atoms with E-state index >= 15 is 0 Å². The average Bonchev–Trinajstić information content (AvgIpc) is 3.44. The summed E-state index contributed by atoms with van der Waals surface area (Å²) in [5, 5.41) is 4.61. The van der Waals surface area contributed by atoms with Crippen LogP contribution in [0.25, 0.3) is 0 Å². The van der Waals surface area contributed by atoms with Crippen molar-refractivity contribution in [1.82, 2.24) is 5.32 Å². The molecule has 5 rings (SSSR count). The number of Topliss-reactive ketones (excluding diaryl/α,β-unsaturated/α-hetero) is 1. The highest BCUT2D eigenvalue weighted by Gasteiger charge is 2.41. The molecule has 0 radical (unpaired) electrons. The molecule has 0 unspecified atom stereocenters. The van der Waals surface area contributed by atoms with E-state index in [1.165, 1.54) is 46.1 Å².